The molecule has 1 aliphatic heterocycles. The summed E-state index contributed by atoms with van der Waals surface area (Å²) in [5, 5.41) is 2.66. The van der Waals surface area contributed by atoms with Gasteiger partial charge in [-0.2, -0.15) is 0 Å². The van der Waals surface area contributed by atoms with Crippen LogP contribution in [0.25, 0.3) is 0 Å². The van der Waals surface area contributed by atoms with Gasteiger partial charge in [0, 0.05) is 5.56 Å². The van der Waals surface area contributed by atoms with Gasteiger partial charge in [-0.05, 0) is 51.0 Å². The lowest BCUT2D eigenvalue weighted by atomic mass is 9.93. The van der Waals surface area contributed by atoms with Crippen LogP contribution in [0.1, 0.15) is 38.9 Å². The van der Waals surface area contributed by atoms with Gasteiger partial charge in [0.05, 0.1) is 12.6 Å². The molecule has 1 aromatic carbocycles. The average molecular weight is 325 g/mol. The maximum atomic E-state index is 14.0. The van der Waals surface area contributed by atoms with Crippen LogP contribution in [0.4, 0.5) is 13.6 Å². The highest BCUT2D eigenvalue weighted by Gasteiger charge is 2.33. The van der Waals surface area contributed by atoms with Gasteiger partial charge in [0.15, 0.2) is 0 Å². The second kappa shape index (κ2) is 6.66. The van der Waals surface area contributed by atoms with Crippen molar-refractivity contribution in [3.63, 3.8) is 0 Å². The molecule has 1 fully saturated rings. The lowest BCUT2D eigenvalue weighted by Crippen LogP contribution is -2.45. The average Bonchev–Trinajstić information content (AvgIpc) is 2.40. The monoisotopic (exact) mass is 325 g/mol. The highest BCUT2D eigenvalue weighted by Crippen LogP contribution is 2.32. The minimum absolute atomic E-state index is 0.0681. The second-order valence-electron chi connectivity index (χ2n) is 6.60. The Bertz CT molecular complexity index is 610. The molecule has 1 amide bonds. The predicted octanol–water partition coefficient (Wildman–Crippen LogP) is 3.88. The molecule has 0 radical (unpaired) electrons. The molecule has 0 aromatic heterocycles. The number of carbonyl (C=O) groups is 1. The van der Waals surface area contributed by atoms with Crippen LogP contribution in [0.3, 0.4) is 0 Å². The molecule has 2 rings (SSSR count). The Morgan fingerprint density at radius 2 is 2.09 bits per heavy atom. The van der Waals surface area contributed by atoms with Crippen LogP contribution in [0.5, 0.6) is 0 Å². The molecule has 23 heavy (non-hydrogen) atoms. The fourth-order valence-corrected chi connectivity index (χ4v) is 2.43. The van der Waals surface area contributed by atoms with Crippen LogP contribution in [0.2, 0.25) is 0 Å². The molecular weight excluding hydrogens is 304 g/mol. The van der Waals surface area contributed by atoms with Gasteiger partial charge in [0.2, 0.25) is 0 Å². The zero-order chi connectivity index (χ0) is 17.2. The lowest BCUT2D eigenvalue weighted by molar-refractivity contribution is 0.00328. The summed E-state index contributed by atoms with van der Waals surface area (Å²) in [6.45, 7) is 9.29. The number of hydrogen-bond acceptors (Lipinski definition) is 3. The molecule has 1 N–H and O–H groups in total. The van der Waals surface area contributed by atoms with E-state index in [0.717, 1.165) is 23.8 Å². The fourth-order valence-electron chi connectivity index (χ4n) is 2.43. The quantitative estimate of drug-likeness (QED) is 0.840. The van der Waals surface area contributed by atoms with Crippen molar-refractivity contribution in [1.29, 1.82) is 0 Å². The van der Waals surface area contributed by atoms with E-state index < -0.39 is 35.5 Å². The number of ether oxygens (including phenoxy) is 2. The van der Waals surface area contributed by atoms with E-state index in [9.17, 15) is 13.6 Å². The topological polar surface area (TPSA) is 47.6 Å². The third-order valence-corrected chi connectivity index (χ3v) is 3.31. The van der Waals surface area contributed by atoms with Crippen LogP contribution >= 0.6 is 0 Å². The molecule has 1 unspecified atom stereocenters. The third kappa shape index (κ3) is 4.76. The number of hydrogen-bond donors (Lipinski definition) is 1. The highest BCUT2D eigenvalue weighted by atomic mass is 19.1. The number of carbonyl (C=O) groups excluding carboxylic acids is 1. The second-order valence-corrected chi connectivity index (χ2v) is 6.60. The Balaban J connectivity index is 2.21. The number of benzene rings is 1. The summed E-state index contributed by atoms with van der Waals surface area (Å²) >= 11 is 0. The SMILES string of the molecule is C=C1CO[C@H](c2cc(F)ccc2F)C(NC(=O)OC(C)(C)C)C1. The molecule has 2 atom stereocenters. The van der Waals surface area contributed by atoms with Crippen LogP contribution in [0.15, 0.2) is 30.4 Å². The fraction of sp³-hybridized carbons (Fsp3) is 0.471. The molecule has 1 saturated heterocycles. The number of nitrogens with one attached hydrogen (secondary N) is 1. The zero-order valence-electron chi connectivity index (χ0n) is 13.5. The Kier molecular flexibility index (Phi) is 5.04. The van der Waals surface area contributed by atoms with E-state index >= 15 is 0 Å². The number of halogens is 2. The largest absolute Gasteiger partial charge is 0.444 e. The molecule has 1 aliphatic rings. The number of amides is 1. The van der Waals surface area contributed by atoms with E-state index in [2.05, 4.69) is 11.9 Å². The van der Waals surface area contributed by atoms with E-state index in [0.29, 0.717) is 6.42 Å². The molecule has 0 spiro atoms. The zero-order valence-corrected chi connectivity index (χ0v) is 13.5. The first-order chi connectivity index (χ1) is 10.7. The van der Waals surface area contributed by atoms with Gasteiger partial charge in [0.1, 0.15) is 23.3 Å². The van der Waals surface area contributed by atoms with E-state index in [1.54, 1.807) is 20.8 Å². The summed E-state index contributed by atoms with van der Waals surface area (Å²) in [6, 6.07) is 2.58. The van der Waals surface area contributed by atoms with Gasteiger partial charge in [-0.1, -0.05) is 6.58 Å². The minimum Gasteiger partial charge on any atom is -0.444 e. The molecule has 0 bridgehead atoms. The Morgan fingerprint density at radius 3 is 2.74 bits per heavy atom. The summed E-state index contributed by atoms with van der Waals surface area (Å²) in [5.41, 5.74) is 0.175. The van der Waals surface area contributed by atoms with Gasteiger partial charge in [-0.3, -0.25) is 0 Å². The first kappa shape index (κ1) is 17.4. The van der Waals surface area contributed by atoms with Crippen LogP contribution in [0, 0.1) is 11.6 Å². The summed E-state index contributed by atoms with van der Waals surface area (Å²) in [6.07, 6.45) is -1.04. The number of alkyl carbamates (subject to hydrolysis) is 1. The summed E-state index contributed by atoms with van der Waals surface area (Å²) < 4.78 is 38.2. The van der Waals surface area contributed by atoms with Crippen molar-refractivity contribution in [1.82, 2.24) is 5.32 Å². The Labute approximate surface area is 134 Å². The molecule has 126 valence electrons. The van der Waals surface area contributed by atoms with Crippen LogP contribution < -0.4 is 5.32 Å². The van der Waals surface area contributed by atoms with Crippen molar-refractivity contribution in [2.75, 3.05) is 6.61 Å². The summed E-state index contributed by atoms with van der Waals surface area (Å²) in [5.74, 6) is -1.15. The standard InChI is InChI=1S/C17H21F2NO3/c1-10-7-14(20-16(21)23-17(2,3)4)15(22-9-10)12-8-11(18)5-6-13(12)19/h5-6,8,14-15H,1,7,9H2,2-4H3,(H,20,21)/t14?,15-/m1/s1. The molecule has 0 saturated carbocycles. The first-order valence-electron chi connectivity index (χ1n) is 7.38. The van der Waals surface area contributed by atoms with Crippen molar-refractivity contribution in [3.8, 4) is 0 Å². The molecule has 4 nitrogen and oxygen atoms in total. The van der Waals surface area contributed by atoms with Crippen molar-refractivity contribution in [2.24, 2.45) is 0 Å². The summed E-state index contributed by atoms with van der Waals surface area (Å²) in [4.78, 5) is 12.0. The van der Waals surface area contributed by atoms with Crippen LogP contribution in [-0.4, -0.2) is 24.3 Å². The maximum Gasteiger partial charge on any atom is 0.407 e. The first-order valence-corrected chi connectivity index (χ1v) is 7.38. The molecule has 6 heteroatoms. The van der Waals surface area contributed by atoms with Crippen LogP contribution in [-0.2, 0) is 9.47 Å². The van der Waals surface area contributed by atoms with Crippen molar-refractivity contribution >= 4 is 6.09 Å². The molecule has 1 heterocycles. The number of rotatable bonds is 2. The van der Waals surface area contributed by atoms with Gasteiger partial charge in [-0.25, -0.2) is 13.6 Å². The van der Waals surface area contributed by atoms with Gasteiger partial charge >= 0.3 is 6.09 Å². The molecular formula is C17H21F2NO3. The van der Waals surface area contributed by atoms with E-state index in [4.69, 9.17) is 9.47 Å². The molecule has 1 aromatic rings. The summed E-state index contributed by atoms with van der Waals surface area (Å²) in [7, 11) is 0. The van der Waals surface area contributed by atoms with Gasteiger partial charge < -0.3 is 14.8 Å². The van der Waals surface area contributed by atoms with E-state index in [1.165, 1.54) is 0 Å². The van der Waals surface area contributed by atoms with E-state index in [-0.39, 0.29) is 12.2 Å². The lowest BCUT2D eigenvalue weighted by Gasteiger charge is -2.34. The highest BCUT2D eigenvalue weighted by molar-refractivity contribution is 5.68. The molecule has 0 aliphatic carbocycles. The van der Waals surface area contributed by atoms with Crippen molar-refractivity contribution < 1.29 is 23.0 Å². The third-order valence-electron chi connectivity index (χ3n) is 3.31. The van der Waals surface area contributed by atoms with Crippen molar-refractivity contribution in [3.05, 3.63) is 47.5 Å². The Hall–Kier alpha value is -1.95. The van der Waals surface area contributed by atoms with E-state index in [1.807, 2.05) is 0 Å². The minimum atomic E-state index is -0.802. The van der Waals surface area contributed by atoms with Gasteiger partial charge in [-0.15, -0.1) is 0 Å². The normalized spacial score (nSPS) is 21.9. The van der Waals surface area contributed by atoms with Crippen molar-refractivity contribution in [2.45, 2.75) is 44.9 Å². The maximum absolute atomic E-state index is 14.0. The smallest absolute Gasteiger partial charge is 0.407 e. The van der Waals surface area contributed by atoms with Gasteiger partial charge in [0.25, 0.3) is 0 Å². The predicted molar refractivity (Wildman–Crippen MR) is 82.0 cm³/mol. The Morgan fingerprint density at radius 1 is 1.39 bits per heavy atom.